The summed E-state index contributed by atoms with van der Waals surface area (Å²) in [5, 5.41) is 4.92. The second kappa shape index (κ2) is 9.14. The first-order valence-corrected chi connectivity index (χ1v) is 8.97. The highest BCUT2D eigenvalue weighted by atomic mass is 32.2. The van der Waals surface area contributed by atoms with Crippen molar-refractivity contribution in [1.82, 2.24) is 15.4 Å². The number of carbonyl (C=O) groups is 3. The van der Waals surface area contributed by atoms with Crippen molar-refractivity contribution >= 4 is 27.8 Å². The summed E-state index contributed by atoms with van der Waals surface area (Å²) in [5.41, 5.74) is -0.0131. The van der Waals surface area contributed by atoms with Gasteiger partial charge in [-0.15, -0.1) is 0 Å². The summed E-state index contributed by atoms with van der Waals surface area (Å²) in [5.74, 6) is -1.85. The first-order chi connectivity index (χ1) is 11.7. The van der Waals surface area contributed by atoms with Crippen LogP contribution < -0.4 is 15.4 Å². The maximum absolute atomic E-state index is 11.9. The van der Waals surface area contributed by atoms with Crippen LogP contribution in [0, 0.1) is 0 Å². The molecule has 138 valence electrons. The molecule has 0 saturated carbocycles. The van der Waals surface area contributed by atoms with Crippen molar-refractivity contribution in [2.75, 3.05) is 20.2 Å². The molecule has 0 fully saturated rings. The van der Waals surface area contributed by atoms with Crippen LogP contribution in [-0.4, -0.2) is 52.4 Å². The average Bonchev–Trinajstić information content (AvgIpc) is 2.59. The normalized spacial score (nSPS) is 12.1. The van der Waals surface area contributed by atoms with Crippen LogP contribution in [0.3, 0.4) is 0 Å². The molecule has 3 N–H and O–H groups in total. The predicted molar refractivity (Wildman–Crippen MR) is 89.3 cm³/mol. The molecule has 1 atom stereocenters. The Morgan fingerprint density at radius 1 is 1.24 bits per heavy atom. The largest absolute Gasteiger partial charge is 0.452 e. The zero-order valence-corrected chi connectivity index (χ0v) is 15.0. The van der Waals surface area contributed by atoms with Gasteiger partial charge in [-0.3, -0.25) is 9.59 Å². The number of rotatable bonds is 8. The highest BCUT2D eigenvalue weighted by molar-refractivity contribution is 7.89. The molecule has 1 aromatic carbocycles. The maximum atomic E-state index is 11.9. The minimum atomic E-state index is -3.70. The molecular weight excluding hydrogens is 350 g/mol. The summed E-state index contributed by atoms with van der Waals surface area (Å²) in [4.78, 5) is 35.0. The molecule has 0 heterocycles. The van der Waals surface area contributed by atoms with Crippen LogP contribution in [0.5, 0.6) is 0 Å². The third kappa shape index (κ3) is 6.16. The van der Waals surface area contributed by atoms with E-state index in [9.17, 15) is 22.8 Å². The van der Waals surface area contributed by atoms with Gasteiger partial charge in [-0.05, 0) is 39.1 Å². The van der Waals surface area contributed by atoms with E-state index >= 15 is 0 Å². The van der Waals surface area contributed by atoms with E-state index in [1.54, 1.807) is 6.92 Å². The van der Waals surface area contributed by atoms with Crippen LogP contribution in [0.25, 0.3) is 0 Å². The van der Waals surface area contributed by atoms with E-state index < -0.39 is 34.5 Å². The lowest BCUT2D eigenvalue weighted by Gasteiger charge is -2.13. The molecule has 0 aliphatic carbocycles. The summed E-state index contributed by atoms with van der Waals surface area (Å²) in [7, 11) is -2.45. The van der Waals surface area contributed by atoms with Gasteiger partial charge in [0.25, 0.3) is 5.91 Å². The number of carbonyl (C=O) groups excluding carboxylic acids is 3. The van der Waals surface area contributed by atoms with Gasteiger partial charge in [0.1, 0.15) is 6.04 Å². The molecule has 0 aliphatic heterocycles. The smallest absolute Gasteiger partial charge is 0.338 e. The highest BCUT2D eigenvalue weighted by Crippen LogP contribution is 2.12. The number of nitrogens with one attached hydrogen (secondary N) is 3. The van der Waals surface area contributed by atoms with Gasteiger partial charge in [-0.25, -0.2) is 17.9 Å². The molecule has 0 radical (unpaired) electrons. The molecule has 10 heteroatoms. The van der Waals surface area contributed by atoms with Crippen LogP contribution >= 0.6 is 0 Å². The average molecular weight is 371 g/mol. The molecule has 25 heavy (non-hydrogen) atoms. The van der Waals surface area contributed by atoms with Crippen molar-refractivity contribution in [2.24, 2.45) is 0 Å². The fourth-order valence-corrected chi connectivity index (χ4v) is 2.57. The minimum absolute atomic E-state index is 0.0131. The summed E-state index contributed by atoms with van der Waals surface area (Å²) in [6.07, 6.45) is 0. The molecule has 2 amide bonds. The summed E-state index contributed by atoms with van der Waals surface area (Å²) < 4.78 is 30.4. The lowest BCUT2D eigenvalue weighted by molar-refractivity contribution is -0.130. The second-order valence-electron chi connectivity index (χ2n) is 5.00. The zero-order chi connectivity index (χ0) is 19.0. The molecule has 0 spiro atoms. The number of ether oxygens (including phenoxy) is 1. The van der Waals surface area contributed by atoms with Crippen LogP contribution in [0.4, 0.5) is 0 Å². The molecule has 9 nitrogen and oxygen atoms in total. The number of amides is 2. The number of likely N-dealkylation sites (N-methyl/N-ethyl adjacent to an activating group) is 1. The van der Waals surface area contributed by atoms with Crippen LogP contribution in [-0.2, 0) is 24.3 Å². The molecule has 0 bridgehead atoms. The van der Waals surface area contributed by atoms with Crippen molar-refractivity contribution in [3.8, 4) is 0 Å². The molecule has 1 rings (SSSR count). The number of hydrogen-bond acceptors (Lipinski definition) is 6. The molecule has 0 aliphatic rings. The van der Waals surface area contributed by atoms with Crippen molar-refractivity contribution < 1.29 is 27.5 Å². The first kappa shape index (κ1) is 20.6. The Morgan fingerprint density at radius 2 is 1.92 bits per heavy atom. The van der Waals surface area contributed by atoms with Crippen molar-refractivity contribution in [3.63, 3.8) is 0 Å². The van der Waals surface area contributed by atoms with Gasteiger partial charge in [0, 0.05) is 6.54 Å². The Hall–Kier alpha value is -2.46. The third-order valence-electron chi connectivity index (χ3n) is 3.10. The van der Waals surface area contributed by atoms with Crippen LogP contribution in [0.2, 0.25) is 0 Å². The fourth-order valence-electron chi connectivity index (χ4n) is 1.80. The van der Waals surface area contributed by atoms with Gasteiger partial charge < -0.3 is 15.4 Å². The molecule has 0 unspecified atom stereocenters. The van der Waals surface area contributed by atoms with E-state index in [-0.39, 0.29) is 16.4 Å². The van der Waals surface area contributed by atoms with Crippen molar-refractivity contribution in [3.05, 3.63) is 29.8 Å². The number of benzene rings is 1. The van der Waals surface area contributed by atoms with E-state index in [4.69, 9.17) is 4.74 Å². The Bertz CT molecular complexity index is 747. The molecular formula is C15H21N3O6S. The third-order valence-corrected chi connectivity index (χ3v) is 4.52. The number of hydrogen-bond donors (Lipinski definition) is 3. The number of sulfonamides is 1. The second-order valence-corrected chi connectivity index (χ2v) is 6.88. The van der Waals surface area contributed by atoms with Gasteiger partial charge in [0.2, 0.25) is 15.9 Å². The van der Waals surface area contributed by atoms with E-state index in [1.165, 1.54) is 32.2 Å². The quantitative estimate of drug-likeness (QED) is 0.523. The standard InChI is InChI=1S/C15H21N3O6S/c1-4-17-14(20)10(2)18-13(19)9-24-15(21)11-6-5-7-12(8-11)25(22,23)16-3/h5-8,10,16H,4,9H2,1-3H3,(H,17,20)(H,18,19)/t10-/m0/s1. The summed E-state index contributed by atoms with van der Waals surface area (Å²) >= 11 is 0. The fraction of sp³-hybridized carbons (Fsp3) is 0.400. The van der Waals surface area contributed by atoms with E-state index in [2.05, 4.69) is 15.4 Å². The maximum Gasteiger partial charge on any atom is 0.338 e. The topological polar surface area (TPSA) is 131 Å². The zero-order valence-electron chi connectivity index (χ0n) is 14.2. The minimum Gasteiger partial charge on any atom is -0.452 e. The Balaban J connectivity index is 2.64. The molecule has 1 aromatic rings. The van der Waals surface area contributed by atoms with Crippen LogP contribution in [0.1, 0.15) is 24.2 Å². The predicted octanol–water partition coefficient (Wildman–Crippen LogP) is -0.608. The van der Waals surface area contributed by atoms with Crippen molar-refractivity contribution in [2.45, 2.75) is 24.8 Å². The number of esters is 1. The Kier molecular flexibility index (Phi) is 7.52. The SMILES string of the molecule is CCNC(=O)[C@H](C)NC(=O)COC(=O)c1cccc(S(=O)(=O)NC)c1. The van der Waals surface area contributed by atoms with Gasteiger partial charge in [-0.2, -0.15) is 0 Å². The van der Waals surface area contributed by atoms with Gasteiger partial charge in [0.05, 0.1) is 10.5 Å². The van der Waals surface area contributed by atoms with E-state index in [0.29, 0.717) is 6.54 Å². The van der Waals surface area contributed by atoms with Gasteiger partial charge in [-0.1, -0.05) is 6.07 Å². The van der Waals surface area contributed by atoms with Crippen molar-refractivity contribution in [1.29, 1.82) is 0 Å². The summed E-state index contributed by atoms with van der Waals surface area (Å²) in [6.45, 7) is 3.08. The molecule has 0 saturated heterocycles. The monoisotopic (exact) mass is 371 g/mol. The van der Waals surface area contributed by atoms with E-state index in [0.717, 1.165) is 6.07 Å². The lowest BCUT2D eigenvalue weighted by atomic mass is 10.2. The van der Waals surface area contributed by atoms with Gasteiger partial charge in [0.15, 0.2) is 6.61 Å². The first-order valence-electron chi connectivity index (χ1n) is 7.49. The Labute approximate surface area is 146 Å². The molecule has 0 aromatic heterocycles. The van der Waals surface area contributed by atoms with Gasteiger partial charge >= 0.3 is 5.97 Å². The Morgan fingerprint density at radius 3 is 2.52 bits per heavy atom. The van der Waals surface area contributed by atoms with E-state index in [1.807, 2.05) is 0 Å². The lowest BCUT2D eigenvalue weighted by Crippen LogP contribution is -2.46. The highest BCUT2D eigenvalue weighted by Gasteiger charge is 2.18. The summed E-state index contributed by atoms with van der Waals surface area (Å²) in [6, 6.07) is 4.45. The van der Waals surface area contributed by atoms with Crippen LogP contribution in [0.15, 0.2) is 29.2 Å².